The Morgan fingerprint density at radius 1 is 1.10 bits per heavy atom. The van der Waals surface area contributed by atoms with E-state index in [2.05, 4.69) is 20.6 Å². The summed E-state index contributed by atoms with van der Waals surface area (Å²) >= 11 is 11.6. The van der Waals surface area contributed by atoms with Gasteiger partial charge in [0, 0.05) is 31.1 Å². The number of ketones is 2. The number of fused-ring (bicyclic) bond motifs is 2. The summed E-state index contributed by atoms with van der Waals surface area (Å²) in [6.45, 7) is 1.68. The van der Waals surface area contributed by atoms with E-state index in [1.165, 1.54) is 12.5 Å². The van der Waals surface area contributed by atoms with E-state index in [-0.39, 0.29) is 24.6 Å². The normalized spacial score (nSPS) is 19.4. The van der Waals surface area contributed by atoms with Crippen molar-refractivity contribution in [3.63, 3.8) is 0 Å². The van der Waals surface area contributed by atoms with Crippen LogP contribution in [-0.4, -0.2) is 45.3 Å². The highest BCUT2D eigenvalue weighted by atomic mass is 35.5. The van der Waals surface area contributed by atoms with E-state index in [1.807, 2.05) is 12.1 Å². The summed E-state index contributed by atoms with van der Waals surface area (Å²) in [4.78, 5) is 31.0. The van der Waals surface area contributed by atoms with E-state index in [0.717, 1.165) is 30.6 Å². The van der Waals surface area contributed by atoms with Crippen molar-refractivity contribution in [1.29, 1.82) is 0 Å². The fourth-order valence-corrected chi connectivity index (χ4v) is 3.79. The van der Waals surface area contributed by atoms with Gasteiger partial charge in [-0.05, 0) is 43.9 Å². The van der Waals surface area contributed by atoms with Crippen LogP contribution in [0.15, 0.2) is 24.3 Å². The van der Waals surface area contributed by atoms with Gasteiger partial charge < -0.3 is 15.7 Å². The van der Waals surface area contributed by atoms with Gasteiger partial charge in [-0.2, -0.15) is 0 Å². The molecule has 0 saturated carbocycles. The number of anilines is 2. The molecule has 160 valence electrons. The number of nitrogens with one attached hydrogen (secondary N) is 2. The molecule has 3 N–H and O–H groups in total. The van der Waals surface area contributed by atoms with E-state index in [4.69, 9.17) is 28.3 Å². The lowest BCUT2D eigenvalue weighted by Crippen LogP contribution is -2.37. The second-order valence-electron chi connectivity index (χ2n) is 7.42. The molecule has 4 rings (SSSR count). The van der Waals surface area contributed by atoms with Crippen LogP contribution in [0.3, 0.4) is 0 Å². The number of Topliss-reactive ketones (excluding diaryl/α,β-unsaturated/α-hetero) is 2. The minimum Gasteiger partial charge on any atom is -0.396 e. The van der Waals surface area contributed by atoms with Gasteiger partial charge in [0.1, 0.15) is 27.7 Å². The molecule has 2 aliphatic heterocycles. The summed E-state index contributed by atoms with van der Waals surface area (Å²) in [5.74, 6) is 1.49. The maximum Gasteiger partial charge on any atom is 0.160 e. The maximum atomic E-state index is 11.7. The third-order valence-electron chi connectivity index (χ3n) is 5.03. The molecule has 0 bridgehead atoms. The van der Waals surface area contributed by atoms with Gasteiger partial charge in [-0.1, -0.05) is 35.3 Å². The number of aromatic nitrogens is 2. The number of rotatable bonds is 4. The summed E-state index contributed by atoms with van der Waals surface area (Å²) in [5, 5.41) is 16.0. The molecule has 0 amide bonds. The fourth-order valence-electron chi connectivity index (χ4n) is 3.50. The second kappa shape index (κ2) is 10.2. The number of hydrogen-bond acceptors (Lipinski definition) is 7. The molecule has 0 fully saturated rings. The van der Waals surface area contributed by atoms with Crippen molar-refractivity contribution in [3.8, 4) is 0 Å². The van der Waals surface area contributed by atoms with Crippen LogP contribution in [-0.2, 0) is 22.4 Å². The summed E-state index contributed by atoms with van der Waals surface area (Å²) in [5.41, 5.74) is 2.04. The number of pyridine rings is 2. The highest BCUT2D eigenvalue weighted by Gasteiger charge is 2.27. The van der Waals surface area contributed by atoms with Crippen LogP contribution in [0.5, 0.6) is 0 Å². The molecule has 2 aliphatic rings. The molecule has 0 saturated heterocycles. The van der Waals surface area contributed by atoms with Crippen LogP contribution in [0.1, 0.15) is 37.3 Å². The first-order valence-electron chi connectivity index (χ1n) is 9.82. The standard InChI is InChI=1S/C11H11ClN2O2.C10H13ClN2O/c1-6(15)4-8-9(16)5-7-2-3-10(12)14-11(7)13-8;11-9-4-2-7-1-3-8(5-6-14)12-10(7)13-9/h2-3,8H,4-5H2,1H3,(H,13,14);2,4,8,14H,1,3,5-6H2,(H,12,13)/t2*8-/m10/s1. The predicted octanol–water partition coefficient (Wildman–Crippen LogP) is 3.46. The third-order valence-corrected chi connectivity index (χ3v) is 5.45. The highest BCUT2D eigenvalue weighted by Crippen LogP contribution is 2.26. The lowest BCUT2D eigenvalue weighted by Gasteiger charge is -2.25. The molecule has 0 spiro atoms. The summed E-state index contributed by atoms with van der Waals surface area (Å²) in [6, 6.07) is 7.12. The third kappa shape index (κ3) is 5.90. The van der Waals surface area contributed by atoms with Crippen molar-refractivity contribution >= 4 is 46.4 Å². The Morgan fingerprint density at radius 2 is 1.73 bits per heavy atom. The minimum atomic E-state index is -0.462. The largest absolute Gasteiger partial charge is 0.396 e. The van der Waals surface area contributed by atoms with Crippen LogP contribution >= 0.6 is 23.2 Å². The second-order valence-corrected chi connectivity index (χ2v) is 8.20. The van der Waals surface area contributed by atoms with Gasteiger partial charge in [0.05, 0.1) is 6.04 Å². The molecule has 2 aromatic heterocycles. The zero-order chi connectivity index (χ0) is 21.7. The van der Waals surface area contributed by atoms with Gasteiger partial charge in [-0.15, -0.1) is 0 Å². The van der Waals surface area contributed by atoms with Gasteiger partial charge in [-0.25, -0.2) is 9.97 Å². The first kappa shape index (κ1) is 22.5. The molecule has 7 nitrogen and oxygen atoms in total. The number of carbonyl (C=O) groups excluding carboxylic acids is 2. The highest BCUT2D eigenvalue weighted by molar-refractivity contribution is 6.29. The maximum absolute atomic E-state index is 11.7. The molecule has 0 aromatic carbocycles. The Morgan fingerprint density at radius 3 is 2.37 bits per heavy atom. The number of aliphatic hydroxyl groups is 1. The molecule has 0 radical (unpaired) electrons. The van der Waals surface area contributed by atoms with E-state index in [1.54, 1.807) is 12.1 Å². The van der Waals surface area contributed by atoms with Crippen LogP contribution in [0.2, 0.25) is 10.3 Å². The van der Waals surface area contributed by atoms with E-state index < -0.39 is 6.04 Å². The van der Waals surface area contributed by atoms with Gasteiger partial charge in [0.25, 0.3) is 0 Å². The van der Waals surface area contributed by atoms with Crippen LogP contribution < -0.4 is 10.6 Å². The Bertz CT molecular complexity index is 938. The molecule has 0 aliphatic carbocycles. The van der Waals surface area contributed by atoms with Crippen molar-refractivity contribution in [2.24, 2.45) is 0 Å². The molecule has 0 unspecified atom stereocenters. The number of aliphatic hydroxyl groups excluding tert-OH is 1. The monoisotopic (exact) mass is 450 g/mol. The smallest absolute Gasteiger partial charge is 0.160 e. The quantitative estimate of drug-likeness (QED) is 0.612. The van der Waals surface area contributed by atoms with Crippen LogP contribution in [0.4, 0.5) is 11.6 Å². The number of nitrogens with zero attached hydrogens (tertiary/aromatic N) is 2. The number of halogens is 2. The average Bonchev–Trinajstić information content (AvgIpc) is 2.69. The minimum absolute atomic E-state index is 0.0173. The van der Waals surface area contributed by atoms with E-state index in [0.29, 0.717) is 28.6 Å². The fraction of sp³-hybridized carbons (Fsp3) is 0.429. The average molecular weight is 451 g/mol. The van der Waals surface area contributed by atoms with Crippen molar-refractivity contribution < 1.29 is 14.7 Å². The van der Waals surface area contributed by atoms with E-state index in [9.17, 15) is 9.59 Å². The molecule has 9 heteroatoms. The Labute approximate surface area is 185 Å². The molecule has 2 atom stereocenters. The zero-order valence-electron chi connectivity index (χ0n) is 16.6. The van der Waals surface area contributed by atoms with Crippen LogP contribution in [0, 0.1) is 0 Å². The summed E-state index contributed by atoms with van der Waals surface area (Å²) in [7, 11) is 0. The van der Waals surface area contributed by atoms with Gasteiger partial charge in [0.15, 0.2) is 5.78 Å². The van der Waals surface area contributed by atoms with Crippen LogP contribution in [0.25, 0.3) is 0 Å². The van der Waals surface area contributed by atoms with Crippen molar-refractivity contribution in [2.45, 2.75) is 51.1 Å². The lowest BCUT2D eigenvalue weighted by molar-refractivity contribution is -0.123. The van der Waals surface area contributed by atoms with Gasteiger partial charge in [0.2, 0.25) is 0 Å². The zero-order valence-corrected chi connectivity index (χ0v) is 18.1. The predicted molar refractivity (Wildman–Crippen MR) is 117 cm³/mol. The van der Waals surface area contributed by atoms with E-state index >= 15 is 0 Å². The SMILES string of the molecule is CC(=O)C[C@H]1Nc2nc(Cl)ccc2CC1=O.OCC[C@@H]1CCc2ccc(Cl)nc2N1. The lowest BCUT2D eigenvalue weighted by atomic mass is 9.96. The topological polar surface area (TPSA) is 104 Å². The summed E-state index contributed by atoms with van der Waals surface area (Å²) < 4.78 is 0. The molecule has 4 heterocycles. The Balaban J connectivity index is 0.000000172. The molecular formula is C21H24Cl2N4O3. The molecule has 2 aromatic rings. The summed E-state index contributed by atoms with van der Waals surface area (Å²) in [6.07, 6.45) is 3.35. The number of hydrogen-bond donors (Lipinski definition) is 3. The molecular weight excluding hydrogens is 427 g/mol. The Hall–Kier alpha value is -2.22. The van der Waals surface area contributed by atoms with Gasteiger partial charge in [-0.3, -0.25) is 9.59 Å². The first-order valence-corrected chi connectivity index (χ1v) is 10.6. The van der Waals surface area contributed by atoms with Crippen molar-refractivity contribution in [1.82, 2.24) is 9.97 Å². The number of carbonyl (C=O) groups is 2. The Kier molecular flexibility index (Phi) is 7.64. The molecule has 30 heavy (non-hydrogen) atoms. The van der Waals surface area contributed by atoms with Crippen molar-refractivity contribution in [3.05, 3.63) is 45.7 Å². The van der Waals surface area contributed by atoms with Crippen molar-refractivity contribution in [2.75, 3.05) is 17.2 Å². The first-order chi connectivity index (χ1) is 14.4. The number of aryl methyl sites for hydroxylation is 1. The van der Waals surface area contributed by atoms with Gasteiger partial charge >= 0.3 is 0 Å².